The molecule has 0 saturated carbocycles. The molecule has 0 radical (unpaired) electrons. The van der Waals surface area contributed by atoms with Gasteiger partial charge in [0.25, 0.3) is 5.91 Å². The third kappa shape index (κ3) is 3.59. The van der Waals surface area contributed by atoms with Crippen LogP contribution in [0.1, 0.15) is 15.9 Å². The summed E-state index contributed by atoms with van der Waals surface area (Å²) in [5, 5.41) is 17.6. The number of aliphatic carboxylic acids is 1. The highest BCUT2D eigenvalue weighted by Crippen LogP contribution is 2.32. The Morgan fingerprint density at radius 3 is 2.59 bits per heavy atom. The largest absolute Gasteiger partial charge is 0.480 e. The van der Waals surface area contributed by atoms with E-state index in [0.717, 1.165) is 23.0 Å². The molecule has 2 N–H and O–H groups in total. The summed E-state index contributed by atoms with van der Waals surface area (Å²) in [5.74, 6) is -2.34. The van der Waals surface area contributed by atoms with Crippen LogP contribution in [-0.4, -0.2) is 32.0 Å². The molecule has 0 fully saturated rings. The lowest BCUT2D eigenvalue weighted by Gasteiger charge is -2.11. The monoisotopic (exact) mass is 314 g/mol. The van der Waals surface area contributed by atoms with E-state index in [1.54, 1.807) is 0 Å². The maximum atomic E-state index is 12.8. The number of rotatable bonds is 4. The zero-order chi connectivity index (χ0) is 16.3. The van der Waals surface area contributed by atoms with Crippen molar-refractivity contribution in [3.63, 3.8) is 0 Å². The molecule has 0 aliphatic carbocycles. The van der Waals surface area contributed by atoms with Gasteiger partial charge in [0.1, 0.15) is 6.54 Å². The molecule has 1 aromatic heterocycles. The van der Waals surface area contributed by atoms with Gasteiger partial charge in [-0.2, -0.15) is 13.2 Å². The van der Waals surface area contributed by atoms with Crippen molar-refractivity contribution < 1.29 is 27.9 Å². The minimum absolute atomic E-state index is 0.150. The van der Waals surface area contributed by atoms with E-state index in [1.807, 2.05) is 0 Å². The maximum Gasteiger partial charge on any atom is 0.417 e. The molecule has 0 bridgehead atoms. The Kier molecular flexibility index (Phi) is 4.11. The predicted molar refractivity (Wildman–Crippen MR) is 67.1 cm³/mol. The van der Waals surface area contributed by atoms with E-state index in [0.29, 0.717) is 0 Å². The molecule has 116 valence electrons. The molecule has 0 spiro atoms. The zero-order valence-corrected chi connectivity index (χ0v) is 10.8. The molecule has 2 aromatic rings. The van der Waals surface area contributed by atoms with Gasteiger partial charge < -0.3 is 10.4 Å². The van der Waals surface area contributed by atoms with Gasteiger partial charge in [0.2, 0.25) is 0 Å². The van der Waals surface area contributed by atoms with E-state index in [1.165, 1.54) is 12.1 Å². The minimum atomic E-state index is -4.67. The molecule has 1 amide bonds. The molecule has 7 nitrogen and oxygen atoms in total. The molecular weight excluding hydrogens is 305 g/mol. The summed E-state index contributed by atoms with van der Waals surface area (Å²) >= 11 is 0. The minimum Gasteiger partial charge on any atom is -0.480 e. The van der Waals surface area contributed by atoms with Gasteiger partial charge in [-0.15, -0.1) is 5.10 Å². The number of carbonyl (C=O) groups excluding carboxylic acids is 1. The highest BCUT2D eigenvalue weighted by molar-refractivity contribution is 6.04. The van der Waals surface area contributed by atoms with E-state index in [9.17, 15) is 22.8 Å². The standard InChI is InChI=1S/C12H9F3N4O3/c13-12(14,15)8-4-2-1-3-7(8)11(22)16-9-5-19(18-17-9)6-10(20)21/h1-5H,6H2,(H,16,22)(H,20,21). The molecule has 0 aliphatic heterocycles. The first-order chi connectivity index (χ1) is 10.3. The molecular formula is C12H9F3N4O3. The van der Waals surface area contributed by atoms with Gasteiger partial charge in [-0.05, 0) is 12.1 Å². The van der Waals surface area contributed by atoms with Crippen LogP contribution in [0.5, 0.6) is 0 Å². The van der Waals surface area contributed by atoms with Crippen molar-refractivity contribution in [1.29, 1.82) is 0 Å². The summed E-state index contributed by atoms with van der Waals surface area (Å²) in [4.78, 5) is 22.4. The van der Waals surface area contributed by atoms with Crippen LogP contribution in [-0.2, 0) is 17.5 Å². The summed E-state index contributed by atoms with van der Waals surface area (Å²) in [6.07, 6.45) is -3.57. The zero-order valence-electron chi connectivity index (χ0n) is 10.8. The first-order valence-electron chi connectivity index (χ1n) is 5.87. The Hall–Kier alpha value is -2.91. The van der Waals surface area contributed by atoms with Crippen LogP contribution in [0, 0.1) is 0 Å². The number of amides is 1. The number of alkyl halides is 3. The summed E-state index contributed by atoms with van der Waals surface area (Å²) in [5.41, 5.74) is -1.65. The smallest absolute Gasteiger partial charge is 0.417 e. The fraction of sp³-hybridized carbons (Fsp3) is 0.167. The van der Waals surface area contributed by atoms with Crippen LogP contribution < -0.4 is 5.32 Å². The Bertz CT molecular complexity index is 712. The van der Waals surface area contributed by atoms with Crippen LogP contribution in [0.2, 0.25) is 0 Å². The first kappa shape index (κ1) is 15.5. The number of nitrogens with zero attached hydrogens (tertiary/aromatic N) is 3. The second-order valence-electron chi connectivity index (χ2n) is 4.19. The fourth-order valence-corrected chi connectivity index (χ4v) is 1.68. The van der Waals surface area contributed by atoms with E-state index in [2.05, 4.69) is 15.6 Å². The normalized spacial score (nSPS) is 11.2. The second kappa shape index (κ2) is 5.84. The quantitative estimate of drug-likeness (QED) is 0.894. The molecule has 0 unspecified atom stereocenters. The number of benzene rings is 1. The van der Waals surface area contributed by atoms with Gasteiger partial charge in [0.05, 0.1) is 17.3 Å². The number of halogens is 3. The molecule has 2 rings (SSSR count). The third-order valence-electron chi connectivity index (χ3n) is 2.55. The lowest BCUT2D eigenvalue weighted by molar-refractivity contribution is -0.138. The SMILES string of the molecule is O=C(O)Cn1cc(NC(=O)c2ccccc2C(F)(F)F)nn1. The van der Waals surface area contributed by atoms with Crippen molar-refractivity contribution >= 4 is 17.7 Å². The number of carboxylic acids is 1. The summed E-state index contributed by atoms with van der Waals surface area (Å²) in [7, 11) is 0. The molecule has 1 heterocycles. The molecule has 22 heavy (non-hydrogen) atoms. The van der Waals surface area contributed by atoms with Crippen LogP contribution in [0.15, 0.2) is 30.5 Å². The van der Waals surface area contributed by atoms with E-state index >= 15 is 0 Å². The fourth-order valence-electron chi connectivity index (χ4n) is 1.68. The predicted octanol–water partition coefficient (Wildman–Crippen LogP) is 1.63. The van der Waals surface area contributed by atoms with Crippen molar-refractivity contribution in [1.82, 2.24) is 15.0 Å². The molecule has 0 atom stereocenters. The van der Waals surface area contributed by atoms with Crippen LogP contribution in [0.25, 0.3) is 0 Å². The number of hydrogen-bond acceptors (Lipinski definition) is 4. The Labute approximate surface area is 121 Å². The lowest BCUT2D eigenvalue weighted by Crippen LogP contribution is -2.18. The molecule has 0 aliphatic rings. The van der Waals surface area contributed by atoms with Crippen LogP contribution in [0.4, 0.5) is 19.0 Å². The molecule has 10 heteroatoms. The van der Waals surface area contributed by atoms with Gasteiger partial charge in [-0.1, -0.05) is 17.3 Å². The number of carbonyl (C=O) groups is 2. The summed E-state index contributed by atoms with van der Waals surface area (Å²) in [6.45, 7) is -0.484. The van der Waals surface area contributed by atoms with E-state index in [-0.39, 0.29) is 5.82 Å². The van der Waals surface area contributed by atoms with Crippen LogP contribution >= 0.6 is 0 Å². The third-order valence-corrected chi connectivity index (χ3v) is 2.55. The Morgan fingerprint density at radius 1 is 1.27 bits per heavy atom. The Morgan fingerprint density at radius 2 is 1.95 bits per heavy atom. The number of aromatic nitrogens is 3. The van der Waals surface area contributed by atoms with Gasteiger partial charge in [-0.25, -0.2) is 4.68 Å². The topological polar surface area (TPSA) is 97.1 Å². The Balaban J connectivity index is 2.20. The van der Waals surface area contributed by atoms with E-state index < -0.39 is 35.7 Å². The van der Waals surface area contributed by atoms with Crippen molar-refractivity contribution in [2.75, 3.05) is 5.32 Å². The average molecular weight is 314 g/mol. The van der Waals surface area contributed by atoms with Gasteiger partial charge in [0, 0.05) is 0 Å². The van der Waals surface area contributed by atoms with E-state index in [4.69, 9.17) is 5.11 Å². The maximum absolute atomic E-state index is 12.8. The highest BCUT2D eigenvalue weighted by atomic mass is 19.4. The number of nitrogens with one attached hydrogen (secondary N) is 1. The first-order valence-corrected chi connectivity index (χ1v) is 5.87. The number of hydrogen-bond donors (Lipinski definition) is 2. The second-order valence-corrected chi connectivity index (χ2v) is 4.19. The van der Waals surface area contributed by atoms with Crippen molar-refractivity contribution in [3.8, 4) is 0 Å². The lowest BCUT2D eigenvalue weighted by atomic mass is 10.1. The highest BCUT2D eigenvalue weighted by Gasteiger charge is 2.34. The van der Waals surface area contributed by atoms with Crippen molar-refractivity contribution in [2.24, 2.45) is 0 Å². The summed E-state index contributed by atoms with van der Waals surface area (Å²) < 4.78 is 39.4. The molecule has 1 aromatic carbocycles. The van der Waals surface area contributed by atoms with Gasteiger partial charge in [0.15, 0.2) is 5.82 Å². The number of carboxylic acid groups (broad SMARTS) is 1. The van der Waals surface area contributed by atoms with Crippen molar-refractivity contribution in [3.05, 3.63) is 41.6 Å². The average Bonchev–Trinajstić information content (AvgIpc) is 2.84. The van der Waals surface area contributed by atoms with Gasteiger partial charge >= 0.3 is 12.1 Å². The van der Waals surface area contributed by atoms with Crippen molar-refractivity contribution in [2.45, 2.75) is 12.7 Å². The van der Waals surface area contributed by atoms with Gasteiger partial charge in [-0.3, -0.25) is 9.59 Å². The number of anilines is 1. The summed E-state index contributed by atoms with van der Waals surface area (Å²) in [6, 6.07) is 4.28. The van der Waals surface area contributed by atoms with Crippen LogP contribution in [0.3, 0.4) is 0 Å². The molecule has 0 saturated heterocycles.